The molecule has 0 aliphatic heterocycles. The number of nitrogens with one attached hydrogen (secondary N) is 1. The molecule has 0 amide bonds. The number of nitrogens with zero attached hydrogens (tertiary/aromatic N) is 3. The van der Waals surface area contributed by atoms with Crippen LogP contribution in [0.2, 0.25) is 5.02 Å². The number of halogens is 2. The largest absolute Gasteiger partial charge is 0.310 e. The van der Waals surface area contributed by atoms with Crippen LogP contribution in [0.5, 0.6) is 0 Å². The summed E-state index contributed by atoms with van der Waals surface area (Å²) in [5, 5.41) is 12.4. The van der Waals surface area contributed by atoms with E-state index in [1.807, 2.05) is 25.4 Å². The van der Waals surface area contributed by atoms with Gasteiger partial charge in [0.05, 0.1) is 10.7 Å². The first-order valence-electron chi connectivity index (χ1n) is 6.64. The van der Waals surface area contributed by atoms with Gasteiger partial charge in [-0.1, -0.05) is 35.9 Å². The van der Waals surface area contributed by atoms with E-state index < -0.39 is 0 Å². The van der Waals surface area contributed by atoms with Gasteiger partial charge in [-0.15, -0.1) is 5.10 Å². The number of benzene rings is 1. The monoisotopic (exact) mass is 356 g/mol. The number of aromatic nitrogens is 3. The van der Waals surface area contributed by atoms with Crippen LogP contribution in [-0.2, 0) is 13.5 Å². The Labute approximate surface area is 132 Å². The molecule has 2 rings (SSSR count). The third-order valence-electron chi connectivity index (χ3n) is 3.06. The van der Waals surface area contributed by atoms with E-state index in [4.69, 9.17) is 11.6 Å². The van der Waals surface area contributed by atoms with Gasteiger partial charge >= 0.3 is 0 Å². The van der Waals surface area contributed by atoms with Crippen LogP contribution in [0.15, 0.2) is 28.9 Å². The van der Waals surface area contributed by atoms with Crippen LogP contribution in [0.25, 0.3) is 0 Å². The van der Waals surface area contributed by atoms with Gasteiger partial charge in [0.25, 0.3) is 0 Å². The van der Waals surface area contributed by atoms with Crippen LogP contribution in [0, 0.1) is 0 Å². The average molecular weight is 358 g/mol. The number of rotatable bonds is 6. The van der Waals surface area contributed by atoms with Gasteiger partial charge in [0, 0.05) is 30.2 Å². The Bertz CT molecular complexity index is 570. The number of hydrogen-bond acceptors (Lipinski definition) is 3. The van der Waals surface area contributed by atoms with E-state index in [-0.39, 0.29) is 6.04 Å². The zero-order chi connectivity index (χ0) is 14.5. The summed E-state index contributed by atoms with van der Waals surface area (Å²) in [5.41, 5.74) is 2.04. The highest BCUT2D eigenvalue weighted by molar-refractivity contribution is 9.10. The summed E-state index contributed by atoms with van der Waals surface area (Å²) in [6.45, 7) is 3.09. The van der Waals surface area contributed by atoms with Gasteiger partial charge < -0.3 is 5.32 Å². The highest BCUT2D eigenvalue weighted by Crippen LogP contribution is 2.31. The highest BCUT2D eigenvalue weighted by atomic mass is 79.9. The van der Waals surface area contributed by atoms with E-state index in [1.54, 1.807) is 4.68 Å². The zero-order valence-electron chi connectivity index (χ0n) is 11.6. The van der Waals surface area contributed by atoms with Crippen molar-refractivity contribution in [2.45, 2.75) is 25.8 Å². The summed E-state index contributed by atoms with van der Waals surface area (Å²) in [7, 11) is 1.87. The minimum atomic E-state index is 0.136. The number of aryl methyl sites for hydroxylation is 1. The molecule has 20 heavy (non-hydrogen) atoms. The lowest BCUT2D eigenvalue weighted by atomic mass is 10.0. The molecule has 0 saturated carbocycles. The first kappa shape index (κ1) is 15.5. The van der Waals surface area contributed by atoms with Crippen molar-refractivity contribution in [3.05, 3.63) is 45.1 Å². The SMILES string of the molecule is CCCNC(Cc1cn(C)nn1)c1cccc(Br)c1Cl. The fourth-order valence-electron chi connectivity index (χ4n) is 2.10. The molecule has 2 aromatic rings. The van der Waals surface area contributed by atoms with Crippen LogP contribution < -0.4 is 5.32 Å². The van der Waals surface area contributed by atoms with Crippen molar-refractivity contribution in [3.63, 3.8) is 0 Å². The zero-order valence-corrected chi connectivity index (χ0v) is 13.9. The first-order valence-corrected chi connectivity index (χ1v) is 7.81. The van der Waals surface area contributed by atoms with Crippen molar-refractivity contribution < 1.29 is 0 Å². The van der Waals surface area contributed by atoms with E-state index in [0.29, 0.717) is 0 Å². The summed E-state index contributed by atoms with van der Waals surface area (Å²) < 4.78 is 2.63. The molecule has 1 heterocycles. The molecule has 108 valence electrons. The smallest absolute Gasteiger partial charge is 0.0845 e. The van der Waals surface area contributed by atoms with Crippen LogP contribution in [0.4, 0.5) is 0 Å². The number of hydrogen-bond donors (Lipinski definition) is 1. The van der Waals surface area contributed by atoms with Crippen LogP contribution in [-0.4, -0.2) is 21.5 Å². The Morgan fingerprint density at radius 1 is 1.45 bits per heavy atom. The molecule has 0 aliphatic rings. The third kappa shape index (κ3) is 3.81. The topological polar surface area (TPSA) is 42.7 Å². The first-order chi connectivity index (χ1) is 9.61. The maximum absolute atomic E-state index is 6.41. The van der Waals surface area contributed by atoms with Gasteiger partial charge in [-0.05, 0) is 40.5 Å². The predicted molar refractivity (Wildman–Crippen MR) is 84.9 cm³/mol. The fraction of sp³-hybridized carbons (Fsp3) is 0.429. The van der Waals surface area contributed by atoms with Crippen molar-refractivity contribution in [3.8, 4) is 0 Å². The van der Waals surface area contributed by atoms with Gasteiger partial charge in [-0.3, -0.25) is 4.68 Å². The predicted octanol–water partition coefficient (Wildman–Crippen LogP) is 3.51. The highest BCUT2D eigenvalue weighted by Gasteiger charge is 2.17. The Hall–Kier alpha value is -0.910. The summed E-state index contributed by atoms with van der Waals surface area (Å²) >= 11 is 9.89. The quantitative estimate of drug-likeness (QED) is 0.860. The summed E-state index contributed by atoms with van der Waals surface area (Å²) in [6, 6.07) is 6.14. The van der Waals surface area contributed by atoms with Crippen LogP contribution in [0.3, 0.4) is 0 Å². The van der Waals surface area contributed by atoms with E-state index in [2.05, 4.69) is 44.5 Å². The Morgan fingerprint density at radius 2 is 2.25 bits per heavy atom. The standard InChI is InChI=1S/C14H18BrClN4/c1-3-7-17-13(8-10-9-20(2)19-18-10)11-5-4-6-12(15)14(11)16/h4-6,9,13,17H,3,7-8H2,1-2H3. The minimum absolute atomic E-state index is 0.136. The second kappa shape index (κ2) is 7.20. The third-order valence-corrected chi connectivity index (χ3v) is 4.37. The molecule has 1 aromatic carbocycles. The molecule has 1 aromatic heterocycles. The normalized spacial score (nSPS) is 12.6. The minimum Gasteiger partial charge on any atom is -0.310 e. The van der Waals surface area contributed by atoms with E-state index in [9.17, 15) is 0 Å². The second-order valence-electron chi connectivity index (χ2n) is 4.74. The molecule has 0 spiro atoms. The molecule has 0 fully saturated rings. The maximum atomic E-state index is 6.41. The van der Waals surface area contributed by atoms with Crippen molar-refractivity contribution >= 4 is 27.5 Å². The van der Waals surface area contributed by atoms with Crippen LogP contribution >= 0.6 is 27.5 Å². The van der Waals surface area contributed by atoms with E-state index in [0.717, 1.165) is 40.1 Å². The Kier molecular flexibility index (Phi) is 5.57. The average Bonchev–Trinajstić information content (AvgIpc) is 2.83. The van der Waals surface area contributed by atoms with Crippen molar-refractivity contribution in [2.24, 2.45) is 7.05 Å². The maximum Gasteiger partial charge on any atom is 0.0845 e. The van der Waals surface area contributed by atoms with E-state index in [1.165, 1.54) is 0 Å². The van der Waals surface area contributed by atoms with Gasteiger partial charge in [0.1, 0.15) is 0 Å². The Balaban J connectivity index is 2.24. The summed E-state index contributed by atoms with van der Waals surface area (Å²) in [4.78, 5) is 0. The van der Waals surface area contributed by atoms with E-state index >= 15 is 0 Å². The molecular weight excluding hydrogens is 340 g/mol. The van der Waals surface area contributed by atoms with Gasteiger partial charge in [-0.25, -0.2) is 0 Å². The van der Waals surface area contributed by atoms with Crippen molar-refractivity contribution in [2.75, 3.05) is 6.54 Å². The second-order valence-corrected chi connectivity index (χ2v) is 5.97. The van der Waals surface area contributed by atoms with Crippen molar-refractivity contribution in [1.82, 2.24) is 20.3 Å². The molecular formula is C14H18BrClN4. The molecule has 4 nitrogen and oxygen atoms in total. The fourth-order valence-corrected chi connectivity index (χ4v) is 2.74. The lowest BCUT2D eigenvalue weighted by Crippen LogP contribution is -2.24. The lowest BCUT2D eigenvalue weighted by molar-refractivity contribution is 0.524. The van der Waals surface area contributed by atoms with Gasteiger partial charge in [0.15, 0.2) is 0 Å². The Morgan fingerprint density at radius 3 is 2.90 bits per heavy atom. The molecule has 0 bridgehead atoms. The molecule has 6 heteroatoms. The van der Waals surface area contributed by atoms with Crippen LogP contribution in [0.1, 0.15) is 30.6 Å². The molecule has 1 N–H and O–H groups in total. The molecule has 0 radical (unpaired) electrons. The van der Waals surface area contributed by atoms with Gasteiger partial charge in [0.2, 0.25) is 0 Å². The molecule has 1 atom stereocenters. The van der Waals surface area contributed by atoms with Crippen molar-refractivity contribution in [1.29, 1.82) is 0 Å². The molecule has 1 unspecified atom stereocenters. The summed E-state index contributed by atoms with van der Waals surface area (Å²) in [6.07, 6.45) is 3.78. The lowest BCUT2D eigenvalue weighted by Gasteiger charge is -2.19. The molecule has 0 aliphatic carbocycles. The van der Waals surface area contributed by atoms with Gasteiger partial charge in [-0.2, -0.15) is 0 Å². The molecule has 0 saturated heterocycles. The summed E-state index contributed by atoms with van der Waals surface area (Å²) in [5.74, 6) is 0.